The molecule has 0 atom stereocenters. The molecule has 0 saturated carbocycles. The van der Waals surface area contributed by atoms with Crippen molar-refractivity contribution in [2.24, 2.45) is 0 Å². The lowest BCUT2D eigenvalue weighted by Gasteiger charge is -2.36. The zero-order valence-corrected chi connectivity index (χ0v) is 21.6. The van der Waals surface area contributed by atoms with Gasteiger partial charge in [0.05, 0.1) is 13.7 Å². The fourth-order valence-corrected chi connectivity index (χ4v) is 4.50. The number of nitrogens with zero attached hydrogens (tertiary/aromatic N) is 2. The molecule has 0 radical (unpaired) electrons. The van der Waals surface area contributed by atoms with Crippen LogP contribution in [0.15, 0.2) is 66.7 Å². The Labute approximate surface area is 221 Å². The standard InChI is InChI=1S/C29H32F3N3O3/c1-3-38-26-6-4-5-22(17-26)23-7-8-24(27(18-23)37-2)19-34-13-15-35(16-14-34)25-11-9-21(10-12-25)28(36)33-20-29(30,31)32/h4-12,17-18H,3,13-16,19-20H2,1-2H3,(H,33,36). The van der Waals surface area contributed by atoms with Crippen LogP contribution in [0.1, 0.15) is 22.8 Å². The van der Waals surface area contributed by atoms with Crippen molar-refractivity contribution < 1.29 is 27.4 Å². The van der Waals surface area contributed by atoms with Crippen LogP contribution in [0.4, 0.5) is 18.9 Å². The third-order valence-electron chi connectivity index (χ3n) is 6.48. The highest BCUT2D eigenvalue weighted by Gasteiger charge is 2.28. The number of benzene rings is 3. The number of nitrogens with one attached hydrogen (secondary N) is 1. The van der Waals surface area contributed by atoms with E-state index in [1.165, 1.54) is 0 Å². The van der Waals surface area contributed by atoms with Crippen molar-refractivity contribution in [1.82, 2.24) is 10.2 Å². The highest BCUT2D eigenvalue weighted by atomic mass is 19.4. The molecule has 0 unspecified atom stereocenters. The van der Waals surface area contributed by atoms with Crippen molar-refractivity contribution in [3.8, 4) is 22.6 Å². The number of piperazine rings is 1. The molecule has 1 aliphatic rings. The minimum Gasteiger partial charge on any atom is -0.496 e. The molecule has 202 valence electrons. The molecule has 1 heterocycles. The fourth-order valence-electron chi connectivity index (χ4n) is 4.50. The molecule has 1 N–H and O–H groups in total. The second-order valence-electron chi connectivity index (χ2n) is 9.10. The van der Waals surface area contributed by atoms with E-state index >= 15 is 0 Å². The molecule has 0 aliphatic carbocycles. The van der Waals surface area contributed by atoms with E-state index in [0.717, 1.165) is 66.6 Å². The summed E-state index contributed by atoms with van der Waals surface area (Å²) in [5, 5.41) is 1.90. The monoisotopic (exact) mass is 527 g/mol. The largest absolute Gasteiger partial charge is 0.496 e. The number of rotatable bonds is 9. The van der Waals surface area contributed by atoms with E-state index in [-0.39, 0.29) is 5.56 Å². The third-order valence-corrected chi connectivity index (χ3v) is 6.48. The van der Waals surface area contributed by atoms with Crippen LogP contribution in [-0.4, -0.2) is 63.4 Å². The average molecular weight is 528 g/mol. The predicted octanol–water partition coefficient (Wildman–Crippen LogP) is 5.38. The Morgan fingerprint density at radius 3 is 2.32 bits per heavy atom. The molecule has 1 aliphatic heterocycles. The highest BCUT2D eigenvalue weighted by molar-refractivity contribution is 5.94. The van der Waals surface area contributed by atoms with Gasteiger partial charge in [-0.1, -0.05) is 24.3 Å². The van der Waals surface area contributed by atoms with Crippen LogP contribution in [0.2, 0.25) is 0 Å². The topological polar surface area (TPSA) is 54.0 Å². The summed E-state index contributed by atoms with van der Waals surface area (Å²) in [6.07, 6.45) is -4.43. The number of hydrogen-bond acceptors (Lipinski definition) is 5. The van der Waals surface area contributed by atoms with E-state index < -0.39 is 18.6 Å². The van der Waals surface area contributed by atoms with Gasteiger partial charge in [0.15, 0.2) is 0 Å². The maximum atomic E-state index is 12.3. The summed E-state index contributed by atoms with van der Waals surface area (Å²) in [6, 6.07) is 21.0. The molecule has 3 aromatic carbocycles. The molecule has 0 spiro atoms. The number of hydrogen-bond donors (Lipinski definition) is 1. The average Bonchev–Trinajstić information content (AvgIpc) is 2.92. The number of amides is 1. The molecule has 4 rings (SSSR count). The molecular weight excluding hydrogens is 495 g/mol. The molecular formula is C29H32F3N3O3. The van der Waals surface area contributed by atoms with Crippen molar-refractivity contribution >= 4 is 11.6 Å². The lowest BCUT2D eigenvalue weighted by atomic mass is 10.0. The Hall–Kier alpha value is -3.72. The zero-order chi connectivity index (χ0) is 27.1. The number of carbonyl (C=O) groups is 1. The number of methoxy groups -OCH3 is 1. The summed E-state index contributed by atoms with van der Waals surface area (Å²) in [5.74, 6) is 0.942. The minimum atomic E-state index is -4.43. The summed E-state index contributed by atoms with van der Waals surface area (Å²) in [7, 11) is 1.68. The number of carbonyl (C=O) groups excluding carboxylic acids is 1. The first kappa shape index (κ1) is 27.3. The molecule has 1 amide bonds. The molecule has 6 nitrogen and oxygen atoms in total. The van der Waals surface area contributed by atoms with Crippen LogP contribution in [0.3, 0.4) is 0 Å². The Bertz CT molecular complexity index is 1220. The van der Waals surface area contributed by atoms with E-state index in [9.17, 15) is 18.0 Å². The van der Waals surface area contributed by atoms with Gasteiger partial charge in [0.25, 0.3) is 5.91 Å². The molecule has 0 aromatic heterocycles. The fraction of sp³-hybridized carbons (Fsp3) is 0.345. The van der Waals surface area contributed by atoms with E-state index in [2.05, 4.69) is 34.1 Å². The molecule has 0 bridgehead atoms. The van der Waals surface area contributed by atoms with Gasteiger partial charge in [0.1, 0.15) is 18.0 Å². The molecule has 9 heteroatoms. The van der Waals surface area contributed by atoms with Gasteiger partial charge >= 0.3 is 6.18 Å². The minimum absolute atomic E-state index is 0.205. The first-order valence-corrected chi connectivity index (χ1v) is 12.6. The second-order valence-corrected chi connectivity index (χ2v) is 9.10. The van der Waals surface area contributed by atoms with E-state index in [0.29, 0.717) is 6.61 Å². The van der Waals surface area contributed by atoms with Crippen LogP contribution in [0, 0.1) is 0 Å². The maximum Gasteiger partial charge on any atom is 0.405 e. The summed E-state index contributed by atoms with van der Waals surface area (Å²) in [5.41, 5.74) is 4.38. The number of ether oxygens (including phenoxy) is 2. The van der Waals surface area contributed by atoms with Crippen molar-refractivity contribution in [2.45, 2.75) is 19.6 Å². The van der Waals surface area contributed by atoms with E-state index in [1.807, 2.05) is 30.4 Å². The van der Waals surface area contributed by atoms with Crippen LogP contribution in [0.25, 0.3) is 11.1 Å². The van der Waals surface area contributed by atoms with Crippen LogP contribution >= 0.6 is 0 Å². The molecule has 1 saturated heterocycles. The molecule has 3 aromatic rings. The lowest BCUT2D eigenvalue weighted by Crippen LogP contribution is -2.46. The smallest absolute Gasteiger partial charge is 0.405 e. The van der Waals surface area contributed by atoms with Crippen molar-refractivity contribution in [1.29, 1.82) is 0 Å². The highest BCUT2D eigenvalue weighted by Crippen LogP contribution is 2.30. The summed E-state index contributed by atoms with van der Waals surface area (Å²) < 4.78 is 48.4. The summed E-state index contributed by atoms with van der Waals surface area (Å²) in [4.78, 5) is 16.5. The zero-order valence-electron chi connectivity index (χ0n) is 21.6. The summed E-state index contributed by atoms with van der Waals surface area (Å²) >= 11 is 0. The predicted molar refractivity (Wildman–Crippen MR) is 142 cm³/mol. The Morgan fingerprint density at radius 1 is 0.947 bits per heavy atom. The van der Waals surface area contributed by atoms with Gasteiger partial charge < -0.3 is 19.7 Å². The first-order chi connectivity index (χ1) is 18.3. The maximum absolute atomic E-state index is 12.3. The first-order valence-electron chi connectivity index (χ1n) is 12.6. The van der Waals surface area contributed by atoms with Gasteiger partial charge in [0.2, 0.25) is 0 Å². The van der Waals surface area contributed by atoms with Gasteiger partial charge in [-0.2, -0.15) is 13.2 Å². The van der Waals surface area contributed by atoms with Crippen molar-refractivity contribution in [2.75, 3.05) is 51.3 Å². The molecule has 38 heavy (non-hydrogen) atoms. The van der Waals surface area contributed by atoms with Crippen molar-refractivity contribution in [3.05, 3.63) is 77.9 Å². The number of alkyl halides is 3. The SMILES string of the molecule is CCOc1cccc(-c2ccc(CN3CCN(c4ccc(C(=O)NCC(F)(F)F)cc4)CC3)c(OC)c2)c1. The Balaban J connectivity index is 1.33. The second kappa shape index (κ2) is 12.2. The van der Waals surface area contributed by atoms with Gasteiger partial charge in [-0.05, 0) is 60.5 Å². The van der Waals surface area contributed by atoms with Gasteiger partial charge in [-0.3, -0.25) is 9.69 Å². The van der Waals surface area contributed by atoms with E-state index in [4.69, 9.17) is 9.47 Å². The Morgan fingerprint density at radius 2 is 1.66 bits per heavy atom. The van der Waals surface area contributed by atoms with Crippen LogP contribution < -0.4 is 19.7 Å². The van der Waals surface area contributed by atoms with Gasteiger partial charge in [0, 0.05) is 49.5 Å². The van der Waals surface area contributed by atoms with Crippen LogP contribution in [-0.2, 0) is 6.54 Å². The van der Waals surface area contributed by atoms with Gasteiger partial charge in [-0.15, -0.1) is 0 Å². The van der Waals surface area contributed by atoms with Gasteiger partial charge in [-0.25, -0.2) is 0 Å². The normalized spacial score (nSPS) is 14.3. The Kier molecular flexibility index (Phi) is 8.78. The van der Waals surface area contributed by atoms with Crippen LogP contribution in [0.5, 0.6) is 11.5 Å². The third kappa shape index (κ3) is 7.19. The summed E-state index contributed by atoms with van der Waals surface area (Å²) in [6.45, 7) is 5.27. The van der Waals surface area contributed by atoms with Crippen molar-refractivity contribution in [3.63, 3.8) is 0 Å². The number of halogens is 3. The quantitative estimate of drug-likeness (QED) is 0.405. The molecule has 1 fully saturated rings. The van der Waals surface area contributed by atoms with E-state index in [1.54, 1.807) is 31.4 Å². The lowest BCUT2D eigenvalue weighted by molar-refractivity contribution is -0.123. The number of anilines is 1.